The van der Waals surface area contributed by atoms with Gasteiger partial charge in [0, 0.05) is 22.7 Å². The van der Waals surface area contributed by atoms with Gasteiger partial charge in [0.15, 0.2) is 11.4 Å². The molecule has 0 unspecified atom stereocenters. The van der Waals surface area contributed by atoms with Crippen LogP contribution in [0.5, 0.6) is 11.6 Å². The van der Waals surface area contributed by atoms with E-state index in [9.17, 15) is 4.53 Å². The zero-order valence-electron chi connectivity index (χ0n) is 15.2. The Kier molecular flexibility index (Phi) is 5.48. The van der Waals surface area contributed by atoms with E-state index in [4.69, 9.17) is 4.74 Å². The third-order valence-corrected chi connectivity index (χ3v) is 4.87. The summed E-state index contributed by atoms with van der Waals surface area (Å²) in [5.74, 6) is 0.700. The molecule has 0 amide bonds. The molecule has 1 aromatic carbocycles. The highest BCUT2D eigenvalue weighted by Gasteiger charge is 2.11. The molecule has 0 saturated carbocycles. The zero-order chi connectivity index (χ0) is 18.5. The number of hydrogen-bond donors (Lipinski definition) is 0. The Hall–Kier alpha value is -2.67. The SMILES string of the molecule is FOc1cccc(-c2cnc3ccc(OCCCN4CCCCC4)nn23)c1. The number of fused-ring (bicyclic) bond motifs is 1. The second kappa shape index (κ2) is 8.35. The number of nitrogens with zero attached hydrogens (tertiary/aromatic N) is 4. The molecule has 142 valence electrons. The van der Waals surface area contributed by atoms with Gasteiger partial charge in [-0.05, 0) is 50.6 Å². The van der Waals surface area contributed by atoms with E-state index in [0.29, 0.717) is 18.1 Å². The summed E-state index contributed by atoms with van der Waals surface area (Å²) in [5.41, 5.74) is 2.23. The molecule has 2 aromatic heterocycles. The lowest BCUT2D eigenvalue weighted by molar-refractivity contribution is -0.00614. The Morgan fingerprint density at radius 1 is 1.07 bits per heavy atom. The van der Waals surface area contributed by atoms with Crippen LogP contribution in [-0.2, 0) is 0 Å². The number of benzene rings is 1. The van der Waals surface area contributed by atoms with Crippen molar-refractivity contribution in [3.05, 3.63) is 42.6 Å². The standard InChI is InChI=1S/C20H23FN4O2/c21-27-17-7-4-6-16(14-17)18-15-22-19-8-9-20(23-25(18)19)26-13-5-12-24-10-2-1-3-11-24/h4,6-9,14-15H,1-3,5,10-13H2. The van der Waals surface area contributed by atoms with Crippen LogP contribution in [0.15, 0.2) is 42.6 Å². The van der Waals surface area contributed by atoms with Crippen molar-refractivity contribution < 1.29 is 14.2 Å². The van der Waals surface area contributed by atoms with Gasteiger partial charge in [0.2, 0.25) is 5.88 Å². The molecule has 0 spiro atoms. The summed E-state index contributed by atoms with van der Waals surface area (Å²) in [7, 11) is 0. The number of halogens is 1. The third kappa shape index (κ3) is 4.19. The highest BCUT2D eigenvalue weighted by Crippen LogP contribution is 2.25. The maximum Gasteiger partial charge on any atom is 0.231 e. The van der Waals surface area contributed by atoms with E-state index in [1.165, 1.54) is 32.4 Å². The summed E-state index contributed by atoms with van der Waals surface area (Å²) in [6, 6.07) is 10.4. The molecule has 27 heavy (non-hydrogen) atoms. The van der Waals surface area contributed by atoms with Gasteiger partial charge in [-0.15, -0.1) is 5.10 Å². The fraction of sp³-hybridized carbons (Fsp3) is 0.400. The molecule has 0 bridgehead atoms. The average molecular weight is 370 g/mol. The predicted molar refractivity (Wildman–Crippen MR) is 101 cm³/mol. The first-order valence-electron chi connectivity index (χ1n) is 9.42. The van der Waals surface area contributed by atoms with Gasteiger partial charge in [-0.1, -0.05) is 18.6 Å². The number of ether oxygens (including phenoxy) is 1. The topological polar surface area (TPSA) is 51.9 Å². The third-order valence-electron chi connectivity index (χ3n) is 4.87. The fourth-order valence-electron chi connectivity index (χ4n) is 3.48. The Bertz CT molecular complexity index is 893. The minimum atomic E-state index is 0.146. The molecule has 1 aliphatic rings. The number of hydrogen-bond acceptors (Lipinski definition) is 5. The highest BCUT2D eigenvalue weighted by molar-refractivity contribution is 5.64. The number of imidazole rings is 1. The summed E-state index contributed by atoms with van der Waals surface area (Å²) in [6.45, 7) is 4.09. The van der Waals surface area contributed by atoms with Crippen molar-refractivity contribution in [2.75, 3.05) is 26.2 Å². The summed E-state index contributed by atoms with van der Waals surface area (Å²) < 4.78 is 20.0. The predicted octanol–water partition coefficient (Wildman–Crippen LogP) is 3.91. The van der Waals surface area contributed by atoms with Gasteiger partial charge in [-0.3, -0.25) is 4.94 Å². The fourth-order valence-corrected chi connectivity index (χ4v) is 3.48. The maximum absolute atomic E-state index is 12.5. The van der Waals surface area contributed by atoms with E-state index in [1.54, 1.807) is 28.9 Å². The molecule has 0 N–H and O–H groups in total. The minimum Gasteiger partial charge on any atom is -0.477 e. The first-order chi connectivity index (χ1) is 13.3. The first kappa shape index (κ1) is 17.7. The van der Waals surface area contributed by atoms with Crippen LogP contribution < -0.4 is 9.68 Å². The molecule has 1 fully saturated rings. The van der Waals surface area contributed by atoms with Crippen LogP contribution in [0.2, 0.25) is 0 Å². The normalized spacial score (nSPS) is 15.1. The van der Waals surface area contributed by atoms with Crippen LogP contribution in [0.3, 0.4) is 0 Å². The van der Waals surface area contributed by atoms with Gasteiger partial charge in [0.25, 0.3) is 0 Å². The summed E-state index contributed by atoms with van der Waals surface area (Å²) in [6.07, 6.45) is 6.64. The van der Waals surface area contributed by atoms with Crippen molar-refractivity contribution in [1.82, 2.24) is 19.5 Å². The van der Waals surface area contributed by atoms with Crippen molar-refractivity contribution in [3.8, 4) is 22.9 Å². The molecule has 7 heteroatoms. The van der Waals surface area contributed by atoms with Crippen molar-refractivity contribution >= 4 is 5.65 Å². The van der Waals surface area contributed by atoms with Gasteiger partial charge in [0.1, 0.15) is 0 Å². The van der Waals surface area contributed by atoms with E-state index in [0.717, 1.165) is 24.2 Å². The Labute approximate surface area is 157 Å². The van der Waals surface area contributed by atoms with Crippen LogP contribution in [0.25, 0.3) is 16.9 Å². The molecule has 1 aliphatic heterocycles. The van der Waals surface area contributed by atoms with Crippen LogP contribution in [-0.4, -0.2) is 45.7 Å². The Morgan fingerprint density at radius 2 is 1.96 bits per heavy atom. The average Bonchev–Trinajstić information content (AvgIpc) is 3.15. The van der Waals surface area contributed by atoms with Gasteiger partial charge in [-0.2, -0.15) is 0 Å². The molecule has 3 heterocycles. The van der Waals surface area contributed by atoms with E-state index in [2.05, 4.69) is 19.9 Å². The molecule has 4 rings (SSSR count). The quantitative estimate of drug-likeness (QED) is 0.590. The van der Waals surface area contributed by atoms with Crippen molar-refractivity contribution in [2.24, 2.45) is 0 Å². The summed E-state index contributed by atoms with van der Waals surface area (Å²) >= 11 is 0. The van der Waals surface area contributed by atoms with Crippen LogP contribution in [0.1, 0.15) is 25.7 Å². The molecule has 0 aliphatic carbocycles. The molecular formula is C20H23FN4O2. The minimum absolute atomic E-state index is 0.146. The zero-order valence-corrected chi connectivity index (χ0v) is 15.2. The number of piperidine rings is 1. The number of rotatable bonds is 7. The van der Waals surface area contributed by atoms with Crippen molar-refractivity contribution in [2.45, 2.75) is 25.7 Å². The number of aromatic nitrogens is 3. The molecule has 6 nitrogen and oxygen atoms in total. The summed E-state index contributed by atoms with van der Waals surface area (Å²) in [4.78, 5) is 10.7. The van der Waals surface area contributed by atoms with E-state index in [1.807, 2.05) is 18.2 Å². The number of likely N-dealkylation sites (tertiary alicyclic amines) is 1. The lowest BCUT2D eigenvalue weighted by atomic mass is 10.1. The van der Waals surface area contributed by atoms with Gasteiger partial charge >= 0.3 is 0 Å². The second-order valence-corrected chi connectivity index (χ2v) is 6.79. The smallest absolute Gasteiger partial charge is 0.231 e. The van der Waals surface area contributed by atoms with Crippen molar-refractivity contribution in [1.29, 1.82) is 0 Å². The van der Waals surface area contributed by atoms with Crippen LogP contribution in [0.4, 0.5) is 4.53 Å². The van der Waals surface area contributed by atoms with Gasteiger partial charge in [0.05, 0.1) is 18.5 Å². The van der Waals surface area contributed by atoms with Crippen molar-refractivity contribution in [3.63, 3.8) is 0 Å². The monoisotopic (exact) mass is 370 g/mol. The highest BCUT2D eigenvalue weighted by atomic mass is 19.3. The van der Waals surface area contributed by atoms with E-state index < -0.39 is 0 Å². The molecular weight excluding hydrogens is 347 g/mol. The first-order valence-corrected chi connectivity index (χ1v) is 9.42. The Balaban J connectivity index is 1.43. The van der Waals surface area contributed by atoms with E-state index in [-0.39, 0.29) is 5.75 Å². The van der Waals surface area contributed by atoms with Crippen LogP contribution >= 0.6 is 0 Å². The largest absolute Gasteiger partial charge is 0.477 e. The lowest BCUT2D eigenvalue weighted by Crippen LogP contribution is -2.31. The van der Waals surface area contributed by atoms with Crippen LogP contribution in [0, 0.1) is 0 Å². The summed E-state index contributed by atoms with van der Waals surface area (Å²) in [5, 5.41) is 4.54. The Morgan fingerprint density at radius 3 is 2.81 bits per heavy atom. The molecule has 3 aromatic rings. The van der Waals surface area contributed by atoms with Gasteiger partial charge < -0.3 is 9.64 Å². The lowest BCUT2D eigenvalue weighted by Gasteiger charge is -2.26. The molecule has 0 atom stereocenters. The molecule has 1 saturated heterocycles. The van der Waals surface area contributed by atoms with Gasteiger partial charge in [-0.25, -0.2) is 9.50 Å². The van der Waals surface area contributed by atoms with E-state index >= 15 is 0 Å². The second-order valence-electron chi connectivity index (χ2n) is 6.79. The molecule has 0 radical (unpaired) electrons. The maximum atomic E-state index is 12.5.